The third-order valence-corrected chi connectivity index (χ3v) is 5.33. The zero-order chi connectivity index (χ0) is 19.6. The number of pyridine rings is 2. The second-order valence-corrected chi connectivity index (χ2v) is 7.44. The number of nitrogens with one attached hydrogen (secondary N) is 2. The summed E-state index contributed by atoms with van der Waals surface area (Å²) in [5, 5.41) is 7.27. The average Bonchev–Trinajstić information content (AvgIpc) is 3.53. The second kappa shape index (κ2) is 7.50. The molecule has 4 aromatic rings. The van der Waals surface area contributed by atoms with Crippen LogP contribution in [0.5, 0.6) is 0 Å². The summed E-state index contributed by atoms with van der Waals surface area (Å²) in [6, 6.07) is 9.74. The molecule has 0 radical (unpaired) electrons. The Hall–Kier alpha value is -3.48. The molecular formula is C22H22N6O. The lowest BCUT2D eigenvalue weighted by Gasteiger charge is -2.08. The van der Waals surface area contributed by atoms with Crippen molar-refractivity contribution in [2.24, 2.45) is 5.92 Å². The number of aromatic nitrogens is 4. The summed E-state index contributed by atoms with van der Waals surface area (Å²) >= 11 is 0. The largest absolute Gasteiger partial charge is 0.369 e. The van der Waals surface area contributed by atoms with Crippen LogP contribution in [-0.2, 0) is 6.42 Å². The van der Waals surface area contributed by atoms with Gasteiger partial charge in [0.2, 0.25) is 0 Å². The van der Waals surface area contributed by atoms with E-state index in [1.54, 1.807) is 12.5 Å². The van der Waals surface area contributed by atoms with E-state index in [9.17, 15) is 4.79 Å². The van der Waals surface area contributed by atoms with Gasteiger partial charge < -0.3 is 15.0 Å². The van der Waals surface area contributed by atoms with Crippen molar-refractivity contribution in [3.8, 4) is 0 Å². The van der Waals surface area contributed by atoms with Crippen LogP contribution in [0.3, 0.4) is 0 Å². The monoisotopic (exact) mass is 386 g/mol. The highest BCUT2D eigenvalue weighted by atomic mass is 16.1. The Morgan fingerprint density at radius 3 is 2.93 bits per heavy atom. The molecule has 7 heteroatoms. The molecule has 7 nitrogen and oxygen atoms in total. The molecule has 0 unspecified atom stereocenters. The van der Waals surface area contributed by atoms with E-state index >= 15 is 0 Å². The Morgan fingerprint density at radius 2 is 2.10 bits per heavy atom. The first-order valence-electron chi connectivity index (χ1n) is 9.96. The van der Waals surface area contributed by atoms with Gasteiger partial charge in [0.25, 0.3) is 5.91 Å². The molecule has 1 saturated carbocycles. The Balaban J connectivity index is 1.49. The lowest BCUT2D eigenvalue weighted by atomic mass is 10.1. The molecule has 146 valence electrons. The molecule has 1 aliphatic carbocycles. The molecule has 5 rings (SSSR count). The van der Waals surface area contributed by atoms with E-state index in [1.165, 1.54) is 12.8 Å². The SMILES string of the molecule is O=C(NCCc1cccnc1)c1c2c(NCC3CC3)ncnc2n2ccccc12. The van der Waals surface area contributed by atoms with Crippen LogP contribution in [-0.4, -0.2) is 38.3 Å². The van der Waals surface area contributed by atoms with Gasteiger partial charge in [-0.3, -0.25) is 9.78 Å². The van der Waals surface area contributed by atoms with Gasteiger partial charge in [0.15, 0.2) is 5.65 Å². The van der Waals surface area contributed by atoms with Crippen LogP contribution in [0.25, 0.3) is 16.6 Å². The Morgan fingerprint density at radius 1 is 1.17 bits per heavy atom. The molecule has 0 atom stereocenters. The Bertz CT molecular complexity index is 1170. The number of fused-ring (bicyclic) bond motifs is 3. The molecular weight excluding hydrogens is 364 g/mol. The number of carbonyl (C=O) groups is 1. The zero-order valence-corrected chi connectivity index (χ0v) is 16.0. The van der Waals surface area contributed by atoms with Crippen LogP contribution in [0.2, 0.25) is 0 Å². The molecule has 1 fully saturated rings. The molecule has 29 heavy (non-hydrogen) atoms. The summed E-state index contributed by atoms with van der Waals surface area (Å²) < 4.78 is 1.95. The molecule has 0 aliphatic heterocycles. The van der Waals surface area contributed by atoms with Gasteiger partial charge in [-0.1, -0.05) is 12.1 Å². The van der Waals surface area contributed by atoms with E-state index in [4.69, 9.17) is 0 Å². The summed E-state index contributed by atoms with van der Waals surface area (Å²) in [4.78, 5) is 26.2. The smallest absolute Gasteiger partial charge is 0.254 e. The first-order valence-corrected chi connectivity index (χ1v) is 9.96. The maximum atomic E-state index is 13.2. The molecule has 0 spiro atoms. The number of carbonyl (C=O) groups excluding carboxylic acids is 1. The van der Waals surface area contributed by atoms with E-state index in [0.717, 1.165) is 40.9 Å². The summed E-state index contributed by atoms with van der Waals surface area (Å²) in [6.45, 7) is 1.41. The topological polar surface area (TPSA) is 84.2 Å². The van der Waals surface area contributed by atoms with Gasteiger partial charge in [0.1, 0.15) is 12.1 Å². The predicted molar refractivity (Wildman–Crippen MR) is 112 cm³/mol. The highest BCUT2D eigenvalue weighted by Gasteiger charge is 2.24. The van der Waals surface area contributed by atoms with Crippen LogP contribution in [0, 0.1) is 5.92 Å². The highest BCUT2D eigenvalue weighted by Crippen LogP contribution is 2.32. The van der Waals surface area contributed by atoms with E-state index in [0.29, 0.717) is 18.0 Å². The first kappa shape index (κ1) is 17.6. The minimum atomic E-state index is -0.114. The lowest BCUT2D eigenvalue weighted by molar-refractivity contribution is 0.0957. The third kappa shape index (κ3) is 3.51. The molecule has 0 saturated heterocycles. The van der Waals surface area contributed by atoms with Crippen molar-refractivity contribution in [1.82, 2.24) is 24.7 Å². The van der Waals surface area contributed by atoms with Crippen LogP contribution in [0.4, 0.5) is 5.82 Å². The average molecular weight is 386 g/mol. The minimum absolute atomic E-state index is 0.114. The minimum Gasteiger partial charge on any atom is -0.369 e. The van der Waals surface area contributed by atoms with Crippen molar-refractivity contribution in [2.75, 3.05) is 18.4 Å². The van der Waals surface area contributed by atoms with Gasteiger partial charge in [0.05, 0.1) is 16.5 Å². The number of amides is 1. The first-order chi connectivity index (χ1) is 14.3. The summed E-state index contributed by atoms with van der Waals surface area (Å²) in [5.74, 6) is 1.31. The number of nitrogens with zero attached hydrogens (tertiary/aromatic N) is 4. The van der Waals surface area contributed by atoms with Gasteiger partial charge in [-0.25, -0.2) is 9.97 Å². The van der Waals surface area contributed by atoms with Crippen molar-refractivity contribution < 1.29 is 4.79 Å². The number of anilines is 1. The molecule has 1 amide bonds. The van der Waals surface area contributed by atoms with E-state index in [-0.39, 0.29) is 5.91 Å². The fraction of sp³-hybridized carbons (Fsp3) is 0.273. The van der Waals surface area contributed by atoms with Gasteiger partial charge in [-0.2, -0.15) is 0 Å². The summed E-state index contributed by atoms with van der Waals surface area (Å²) in [6.07, 6.45) is 10.3. The number of hydrogen-bond acceptors (Lipinski definition) is 5. The van der Waals surface area contributed by atoms with Gasteiger partial charge >= 0.3 is 0 Å². The lowest BCUT2D eigenvalue weighted by Crippen LogP contribution is -2.26. The highest BCUT2D eigenvalue weighted by molar-refractivity contribution is 6.16. The van der Waals surface area contributed by atoms with Crippen molar-refractivity contribution in [3.63, 3.8) is 0 Å². The fourth-order valence-corrected chi connectivity index (χ4v) is 3.63. The summed E-state index contributed by atoms with van der Waals surface area (Å²) in [5.41, 5.74) is 3.28. The van der Waals surface area contributed by atoms with Crippen molar-refractivity contribution >= 4 is 28.3 Å². The molecule has 2 N–H and O–H groups in total. The summed E-state index contributed by atoms with van der Waals surface area (Å²) in [7, 11) is 0. The molecule has 4 aromatic heterocycles. The third-order valence-electron chi connectivity index (χ3n) is 5.33. The van der Waals surface area contributed by atoms with Crippen molar-refractivity contribution in [1.29, 1.82) is 0 Å². The molecule has 4 heterocycles. The quantitative estimate of drug-likeness (QED) is 0.510. The van der Waals surface area contributed by atoms with E-state index in [2.05, 4.69) is 25.6 Å². The van der Waals surface area contributed by atoms with Crippen LogP contribution >= 0.6 is 0 Å². The number of hydrogen-bond donors (Lipinski definition) is 2. The Kier molecular flexibility index (Phi) is 4.56. The second-order valence-electron chi connectivity index (χ2n) is 7.44. The molecule has 0 bridgehead atoms. The molecule has 1 aliphatic rings. The van der Waals surface area contributed by atoms with Crippen molar-refractivity contribution in [2.45, 2.75) is 19.3 Å². The van der Waals surface area contributed by atoms with E-state index in [1.807, 2.05) is 47.1 Å². The van der Waals surface area contributed by atoms with E-state index < -0.39 is 0 Å². The van der Waals surface area contributed by atoms with Crippen LogP contribution < -0.4 is 10.6 Å². The van der Waals surface area contributed by atoms with Gasteiger partial charge in [-0.15, -0.1) is 0 Å². The van der Waals surface area contributed by atoms with Crippen LogP contribution in [0.1, 0.15) is 28.8 Å². The fourth-order valence-electron chi connectivity index (χ4n) is 3.63. The zero-order valence-electron chi connectivity index (χ0n) is 16.0. The normalized spacial score (nSPS) is 13.7. The van der Waals surface area contributed by atoms with Gasteiger partial charge in [-0.05, 0) is 48.9 Å². The standard InChI is InChI=1S/C22H22N6O/c29-22(24-10-8-15-4-3-9-23-12-15)18-17-5-1-2-11-28(17)21-19(18)20(26-14-27-21)25-13-16-6-7-16/h1-5,9,11-12,14,16H,6-8,10,13H2,(H,24,29)(H,25,26,27). The molecule has 0 aromatic carbocycles. The maximum Gasteiger partial charge on any atom is 0.254 e. The number of rotatable bonds is 7. The van der Waals surface area contributed by atoms with Crippen molar-refractivity contribution in [3.05, 3.63) is 66.4 Å². The van der Waals surface area contributed by atoms with Crippen LogP contribution in [0.15, 0.2) is 55.2 Å². The predicted octanol–water partition coefficient (Wildman–Crippen LogP) is 3.07. The Labute approximate surface area is 168 Å². The van der Waals surface area contributed by atoms with Gasteiger partial charge in [0, 0.05) is 31.7 Å². The maximum absolute atomic E-state index is 13.2.